The topological polar surface area (TPSA) is 23.5 Å². The van der Waals surface area contributed by atoms with Gasteiger partial charge in [0.05, 0.1) is 6.61 Å². The molecule has 98 valence electrons. The summed E-state index contributed by atoms with van der Waals surface area (Å²) in [7, 11) is 0. The van der Waals surface area contributed by atoms with Crippen LogP contribution in [0.15, 0.2) is 36.4 Å². The number of hydrogen-bond acceptors (Lipinski definition) is 2. The van der Waals surface area contributed by atoms with Crippen molar-refractivity contribution >= 4 is 11.4 Å². The summed E-state index contributed by atoms with van der Waals surface area (Å²) in [5, 5.41) is 9.34. The smallest absolute Gasteiger partial charge is 0.125 e. The van der Waals surface area contributed by atoms with Gasteiger partial charge in [-0.2, -0.15) is 0 Å². The molecule has 0 saturated heterocycles. The van der Waals surface area contributed by atoms with Crippen LogP contribution in [0.1, 0.15) is 11.1 Å². The molecule has 0 amide bonds. The third-order valence-electron chi connectivity index (χ3n) is 3.45. The molecule has 0 unspecified atom stereocenters. The Bertz CT molecular complexity index is 628. The molecule has 0 spiro atoms. The fraction of sp³-hybridized carbons (Fsp3) is 0.200. The monoisotopic (exact) mass is 261 g/mol. The summed E-state index contributed by atoms with van der Waals surface area (Å²) >= 11 is 0. The molecule has 1 N–H and O–H groups in total. The molecular formula is C15H13F2NO. The molecule has 0 saturated carbocycles. The summed E-state index contributed by atoms with van der Waals surface area (Å²) in [6.07, 6.45) is 0.817. The lowest BCUT2D eigenvalue weighted by Crippen LogP contribution is -2.15. The number of halogens is 2. The minimum atomic E-state index is -0.383. The molecule has 19 heavy (non-hydrogen) atoms. The first kappa shape index (κ1) is 12.1. The second kappa shape index (κ2) is 4.63. The molecule has 0 bridgehead atoms. The number of benzene rings is 2. The maximum Gasteiger partial charge on any atom is 0.125 e. The van der Waals surface area contributed by atoms with Crippen molar-refractivity contribution in [2.45, 2.75) is 13.0 Å². The summed E-state index contributed by atoms with van der Waals surface area (Å²) in [4.78, 5) is 1.92. The number of fused-ring (bicyclic) bond motifs is 1. The highest BCUT2D eigenvalue weighted by molar-refractivity contribution is 5.72. The van der Waals surface area contributed by atoms with E-state index >= 15 is 0 Å². The van der Waals surface area contributed by atoms with Crippen molar-refractivity contribution in [3.8, 4) is 0 Å². The number of nitrogens with zero attached hydrogens (tertiary/aromatic N) is 1. The van der Waals surface area contributed by atoms with E-state index in [9.17, 15) is 13.9 Å². The fourth-order valence-corrected chi connectivity index (χ4v) is 2.55. The van der Waals surface area contributed by atoms with Crippen LogP contribution in [-0.4, -0.2) is 11.7 Å². The van der Waals surface area contributed by atoms with E-state index in [2.05, 4.69) is 0 Å². The van der Waals surface area contributed by atoms with Gasteiger partial charge in [-0.3, -0.25) is 0 Å². The van der Waals surface area contributed by atoms with Crippen molar-refractivity contribution < 1.29 is 13.9 Å². The van der Waals surface area contributed by atoms with E-state index in [0.717, 1.165) is 23.4 Å². The van der Waals surface area contributed by atoms with E-state index < -0.39 is 0 Å². The summed E-state index contributed by atoms with van der Waals surface area (Å²) in [5.74, 6) is -0.676. The molecule has 2 aromatic carbocycles. The van der Waals surface area contributed by atoms with Gasteiger partial charge in [0.25, 0.3) is 0 Å². The highest BCUT2D eigenvalue weighted by Gasteiger charge is 2.22. The third kappa shape index (κ3) is 2.08. The van der Waals surface area contributed by atoms with Crippen molar-refractivity contribution in [1.82, 2.24) is 0 Å². The lowest BCUT2D eigenvalue weighted by Gasteiger charge is -2.22. The van der Waals surface area contributed by atoms with Gasteiger partial charge in [0.2, 0.25) is 0 Å². The van der Waals surface area contributed by atoms with Crippen LogP contribution in [0.25, 0.3) is 0 Å². The first-order chi connectivity index (χ1) is 9.19. The Morgan fingerprint density at radius 1 is 1.00 bits per heavy atom. The zero-order valence-corrected chi connectivity index (χ0v) is 10.2. The Labute approximate surface area is 109 Å². The van der Waals surface area contributed by atoms with E-state index in [0.29, 0.717) is 12.1 Å². The second-order valence-electron chi connectivity index (χ2n) is 4.61. The SMILES string of the molecule is OCc1cc(F)ccc1N1CCc2ccc(F)cc21. The van der Waals surface area contributed by atoms with E-state index in [1.165, 1.54) is 24.3 Å². The van der Waals surface area contributed by atoms with Crippen molar-refractivity contribution in [2.75, 3.05) is 11.4 Å². The highest BCUT2D eigenvalue weighted by Crippen LogP contribution is 2.36. The quantitative estimate of drug-likeness (QED) is 0.897. The van der Waals surface area contributed by atoms with Crippen LogP contribution in [0.2, 0.25) is 0 Å². The molecule has 0 fully saturated rings. The lowest BCUT2D eigenvalue weighted by atomic mass is 10.1. The fourth-order valence-electron chi connectivity index (χ4n) is 2.55. The van der Waals surface area contributed by atoms with Crippen molar-refractivity contribution in [2.24, 2.45) is 0 Å². The zero-order valence-electron chi connectivity index (χ0n) is 10.2. The van der Waals surface area contributed by atoms with Gasteiger partial charge >= 0.3 is 0 Å². The van der Waals surface area contributed by atoms with Crippen LogP contribution < -0.4 is 4.90 Å². The summed E-state index contributed by atoms with van der Waals surface area (Å²) in [5.41, 5.74) is 3.10. The number of hydrogen-bond donors (Lipinski definition) is 1. The molecule has 1 aliphatic rings. The molecule has 3 rings (SSSR count). The summed E-state index contributed by atoms with van der Waals surface area (Å²) < 4.78 is 26.6. The summed E-state index contributed by atoms with van der Waals surface area (Å²) in [6, 6.07) is 8.99. The molecule has 1 aliphatic heterocycles. The van der Waals surface area contributed by atoms with Gasteiger partial charge in [-0.1, -0.05) is 6.07 Å². The van der Waals surface area contributed by atoms with Gasteiger partial charge in [-0.15, -0.1) is 0 Å². The average molecular weight is 261 g/mol. The molecule has 2 nitrogen and oxygen atoms in total. The predicted octanol–water partition coefficient (Wildman–Crippen LogP) is 3.15. The Hall–Kier alpha value is -1.94. The van der Waals surface area contributed by atoms with E-state index in [-0.39, 0.29) is 18.2 Å². The standard InChI is InChI=1S/C15H13F2NO/c16-12-3-4-14(11(7-12)9-19)18-6-5-10-1-2-13(17)8-15(10)18/h1-4,7-8,19H,5-6,9H2. The minimum Gasteiger partial charge on any atom is -0.392 e. The maximum atomic E-state index is 13.4. The van der Waals surface area contributed by atoms with Crippen molar-refractivity contribution in [3.05, 3.63) is 59.2 Å². The Morgan fingerprint density at radius 2 is 1.74 bits per heavy atom. The van der Waals surface area contributed by atoms with Gasteiger partial charge in [0, 0.05) is 23.5 Å². The van der Waals surface area contributed by atoms with Crippen LogP contribution >= 0.6 is 0 Å². The van der Waals surface area contributed by atoms with Gasteiger partial charge in [0.15, 0.2) is 0 Å². The van der Waals surface area contributed by atoms with Gasteiger partial charge in [-0.05, 0) is 42.3 Å². The van der Waals surface area contributed by atoms with E-state index in [4.69, 9.17) is 0 Å². The number of aliphatic hydroxyl groups is 1. The van der Waals surface area contributed by atoms with Gasteiger partial charge in [-0.25, -0.2) is 8.78 Å². The van der Waals surface area contributed by atoms with Crippen molar-refractivity contribution in [1.29, 1.82) is 0 Å². The molecule has 0 aromatic heterocycles. The lowest BCUT2D eigenvalue weighted by molar-refractivity contribution is 0.281. The molecule has 4 heteroatoms. The molecule has 0 aliphatic carbocycles. The Balaban J connectivity index is 2.08. The number of anilines is 2. The molecule has 2 aromatic rings. The number of rotatable bonds is 2. The van der Waals surface area contributed by atoms with Crippen LogP contribution in [0, 0.1) is 11.6 Å². The first-order valence-corrected chi connectivity index (χ1v) is 6.14. The molecule has 0 atom stereocenters. The maximum absolute atomic E-state index is 13.4. The Morgan fingerprint density at radius 3 is 2.53 bits per heavy atom. The van der Waals surface area contributed by atoms with Crippen molar-refractivity contribution in [3.63, 3.8) is 0 Å². The Kier molecular flexibility index (Phi) is 2.95. The molecule has 1 heterocycles. The summed E-state index contributed by atoms with van der Waals surface area (Å²) in [6.45, 7) is 0.464. The van der Waals surface area contributed by atoms with E-state index in [1.54, 1.807) is 12.1 Å². The zero-order chi connectivity index (χ0) is 13.4. The predicted molar refractivity (Wildman–Crippen MR) is 69.4 cm³/mol. The normalized spacial score (nSPS) is 13.7. The molecular weight excluding hydrogens is 248 g/mol. The minimum absolute atomic E-state index is 0.242. The van der Waals surface area contributed by atoms with Crippen LogP contribution in [0.5, 0.6) is 0 Å². The number of aliphatic hydroxyl groups excluding tert-OH is 1. The first-order valence-electron chi connectivity index (χ1n) is 6.14. The van der Waals surface area contributed by atoms with Crippen LogP contribution in [-0.2, 0) is 13.0 Å². The average Bonchev–Trinajstić information content (AvgIpc) is 2.81. The highest BCUT2D eigenvalue weighted by atomic mass is 19.1. The van der Waals surface area contributed by atoms with Crippen LogP contribution in [0.3, 0.4) is 0 Å². The second-order valence-corrected chi connectivity index (χ2v) is 4.61. The van der Waals surface area contributed by atoms with Gasteiger partial charge in [0.1, 0.15) is 11.6 Å². The van der Waals surface area contributed by atoms with Gasteiger partial charge < -0.3 is 10.0 Å². The largest absolute Gasteiger partial charge is 0.392 e. The molecule has 0 radical (unpaired) electrons. The third-order valence-corrected chi connectivity index (χ3v) is 3.45. The van der Waals surface area contributed by atoms with Crippen LogP contribution in [0.4, 0.5) is 20.2 Å². The van der Waals surface area contributed by atoms with E-state index in [1.807, 2.05) is 4.90 Å².